The van der Waals surface area contributed by atoms with Gasteiger partial charge in [-0.15, -0.1) is 0 Å². The third kappa shape index (κ3) is 2.98. The number of carboxylic acids is 1. The van der Waals surface area contributed by atoms with Crippen molar-refractivity contribution in [2.75, 3.05) is 12.8 Å². The number of carbonyl (C=O) groups excluding carboxylic acids is 1. The van der Waals surface area contributed by atoms with Gasteiger partial charge in [-0.3, -0.25) is 0 Å². The van der Waals surface area contributed by atoms with Crippen molar-refractivity contribution in [1.82, 2.24) is 10.1 Å². The molecule has 1 aromatic heterocycles. The average molecular weight is 208 g/mol. The molecule has 0 amide bonds. The predicted octanol–water partition coefficient (Wildman–Crippen LogP) is -5.24. The van der Waals surface area contributed by atoms with Crippen molar-refractivity contribution in [1.29, 1.82) is 0 Å². The molecule has 9 heteroatoms. The number of rotatable bonds is 3. The van der Waals surface area contributed by atoms with Crippen molar-refractivity contribution in [3.8, 4) is 0 Å². The standard InChI is InChI=1S/C5H6N4O4.Na/c1-12-8-2(4(10)11)3-7-5(6)13-9-3;/h1H3,(H,10,11)(H2,6,7,9);/q;+1/p-1. The van der Waals surface area contributed by atoms with Gasteiger partial charge in [0.25, 0.3) is 0 Å². The maximum atomic E-state index is 10.4. The second-order valence-electron chi connectivity index (χ2n) is 1.87. The van der Waals surface area contributed by atoms with E-state index in [2.05, 4.69) is 24.7 Å². The van der Waals surface area contributed by atoms with Crippen LogP contribution in [0.25, 0.3) is 0 Å². The molecule has 0 spiro atoms. The molecule has 0 aliphatic carbocycles. The van der Waals surface area contributed by atoms with Crippen LogP contribution in [0.1, 0.15) is 5.82 Å². The summed E-state index contributed by atoms with van der Waals surface area (Å²) in [6.07, 6.45) is 0. The zero-order valence-corrected chi connectivity index (χ0v) is 9.55. The molecule has 2 N–H and O–H groups in total. The van der Waals surface area contributed by atoms with Gasteiger partial charge in [-0.05, 0) is 0 Å². The Bertz CT molecular complexity index is 349. The van der Waals surface area contributed by atoms with E-state index in [1.807, 2.05) is 0 Å². The SMILES string of the molecule is CON=C(C(=O)[O-])c1noc(N)n1.[Na+]. The largest absolute Gasteiger partial charge is 1.00 e. The Morgan fingerprint density at radius 1 is 1.71 bits per heavy atom. The number of aliphatic carboxylic acids is 1. The summed E-state index contributed by atoms with van der Waals surface area (Å²) in [5, 5.41) is 16.7. The minimum atomic E-state index is -1.58. The second kappa shape index (κ2) is 5.58. The summed E-state index contributed by atoms with van der Waals surface area (Å²) >= 11 is 0. The molecule has 0 aromatic carbocycles. The number of nitrogens with two attached hydrogens (primary N) is 1. The van der Waals surface area contributed by atoms with Gasteiger partial charge in [-0.2, -0.15) is 4.98 Å². The fourth-order valence-electron chi connectivity index (χ4n) is 0.592. The number of carbonyl (C=O) groups is 1. The van der Waals surface area contributed by atoms with Gasteiger partial charge in [-0.25, -0.2) is 0 Å². The Labute approximate surface area is 100 Å². The molecule has 0 aliphatic rings. The first-order chi connectivity index (χ1) is 6.15. The molecule has 0 saturated carbocycles. The maximum Gasteiger partial charge on any atom is 1.00 e. The van der Waals surface area contributed by atoms with Crippen molar-refractivity contribution in [3.63, 3.8) is 0 Å². The number of anilines is 1. The Morgan fingerprint density at radius 3 is 2.71 bits per heavy atom. The van der Waals surface area contributed by atoms with Crippen LogP contribution in [-0.4, -0.2) is 28.9 Å². The number of nitrogens with zero attached hydrogens (tertiary/aromatic N) is 3. The molecule has 0 bridgehead atoms. The predicted molar refractivity (Wildman–Crippen MR) is 37.3 cm³/mol. The van der Waals surface area contributed by atoms with Crippen LogP contribution in [0, 0.1) is 0 Å². The molecule has 0 fully saturated rings. The zero-order chi connectivity index (χ0) is 9.84. The van der Waals surface area contributed by atoms with Gasteiger partial charge in [0.15, 0.2) is 5.71 Å². The Balaban J connectivity index is 0.00000169. The monoisotopic (exact) mass is 208 g/mol. The smallest absolute Gasteiger partial charge is 0.543 e. The second-order valence-corrected chi connectivity index (χ2v) is 1.87. The summed E-state index contributed by atoms with van der Waals surface area (Å²) < 4.78 is 4.33. The van der Waals surface area contributed by atoms with Crippen LogP contribution in [0.3, 0.4) is 0 Å². The summed E-state index contributed by atoms with van der Waals surface area (Å²) in [5.74, 6) is -1.87. The van der Waals surface area contributed by atoms with Crippen molar-refractivity contribution < 1.29 is 48.8 Å². The first kappa shape index (κ1) is 12.9. The normalized spacial score (nSPS) is 10.5. The van der Waals surface area contributed by atoms with Crippen LogP contribution in [0.15, 0.2) is 9.68 Å². The number of hydrogen-bond acceptors (Lipinski definition) is 8. The van der Waals surface area contributed by atoms with E-state index in [1.165, 1.54) is 7.11 Å². The fourth-order valence-corrected chi connectivity index (χ4v) is 0.592. The molecule has 70 valence electrons. The van der Waals surface area contributed by atoms with Crippen LogP contribution in [0.2, 0.25) is 0 Å². The molecule has 0 unspecified atom stereocenters. The molecule has 0 saturated heterocycles. The molecule has 0 atom stereocenters. The van der Waals surface area contributed by atoms with E-state index in [0.29, 0.717) is 0 Å². The zero-order valence-electron chi connectivity index (χ0n) is 7.55. The van der Waals surface area contributed by atoms with Crippen LogP contribution in [0.4, 0.5) is 6.01 Å². The Hall–Kier alpha value is -1.12. The van der Waals surface area contributed by atoms with E-state index in [-0.39, 0.29) is 41.4 Å². The first-order valence-electron chi connectivity index (χ1n) is 3.07. The van der Waals surface area contributed by atoms with Gasteiger partial charge in [0.05, 0.1) is 5.97 Å². The molecular weight excluding hydrogens is 203 g/mol. The van der Waals surface area contributed by atoms with Gasteiger partial charge in [0, 0.05) is 0 Å². The first-order valence-corrected chi connectivity index (χ1v) is 3.07. The Kier molecular flexibility index (Phi) is 5.13. The third-order valence-corrected chi connectivity index (χ3v) is 1.03. The molecule has 0 aliphatic heterocycles. The third-order valence-electron chi connectivity index (χ3n) is 1.03. The quantitative estimate of drug-likeness (QED) is 0.298. The topological polar surface area (TPSA) is 127 Å². The molecule has 1 rings (SSSR count). The average Bonchev–Trinajstić information content (AvgIpc) is 2.46. The van der Waals surface area contributed by atoms with Crippen LogP contribution in [-0.2, 0) is 9.63 Å². The number of carboxylic acid groups (broad SMARTS) is 1. The van der Waals surface area contributed by atoms with Crippen LogP contribution in [0.5, 0.6) is 0 Å². The summed E-state index contributed by atoms with van der Waals surface area (Å²) in [6.45, 7) is 0. The van der Waals surface area contributed by atoms with E-state index in [9.17, 15) is 9.90 Å². The molecule has 1 aromatic rings. The van der Waals surface area contributed by atoms with E-state index in [0.717, 1.165) is 0 Å². The molecule has 1 heterocycles. The molecule has 14 heavy (non-hydrogen) atoms. The number of oxime groups is 1. The minimum absolute atomic E-state index is 0. The summed E-state index contributed by atoms with van der Waals surface area (Å²) in [4.78, 5) is 18.1. The van der Waals surface area contributed by atoms with Gasteiger partial charge >= 0.3 is 35.6 Å². The van der Waals surface area contributed by atoms with Crippen molar-refractivity contribution >= 4 is 17.7 Å². The van der Waals surface area contributed by atoms with Gasteiger partial charge in [-0.1, -0.05) is 10.3 Å². The molecule has 0 radical (unpaired) electrons. The number of nitrogen functional groups attached to an aromatic ring is 1. The van der Waals surface area contributed by atoms with Crippen molar-refractivity contribution in [3.05, 3.63) is 5.82 Å². The minimum Gasteiger partial charge on any atom is -0.543 e. The number of aromatic nitrogens is 2. The summed E-state index contributed by atoms with van der Waals surface area (Å²) in [6, 6.07) is -0.264. The van der Waals surface area contributed by atoms with Gasteiger partial charge < -0.3 is 25.0 Å². The summed E-state index contributed by atoms with van der Waals surface area (Å²) in [7, 11) is 1.17. The van der Waals surface area contributed by atoms with E-state index >= 15 is 0 Å². The van der Waals surface area contributed by atoms with E-state index in [4.69, 9.17) is 5.73 Å². The number of hydrogen-bond donors (Lipinski definition) is 1. The maximum absolute atomic E-state index is 10.4. The molecule has 8 nitrogen and oxygen atoms in total. The van der Waals surface area contributed by atoms with Crippen LogP contribution >= 0.6 is 0 Å². The Morgan fingerprint density at radius 2 is 2.36 bits per heavy atom. The van der Waals surface area contributed by atoms with Crippen LogP contribution < -0.4 is 40.4 Å². The van der Waals surface area contributed by atoms with Crippen molar-refractivity contribution in [2.45, 2.75) is 0 Å². The van der Waals surface area contributed by atoms with Crippen molar-refractivity contribution in [2.24, 2.45) is 5.16 Å². The van der Waals surface area contributed by atoms with Gasteiger partial charge in [0.1, 0.15) is 7.11 Å². The van der Waals surface area contributed by atoms with E-state index in [1.54, 1.807) is 0 Å². The van der Waals surface area contributed by atoms with E-state index < -0.39 is 11.7 Å². The summed E-state index contributed by atoms with van der Waals surface area (Å²) in [5.41, 5.74) is 4.48. The van der Waals surface area contributed by atoms with Gasteiger partial charge in [0.2, 0.25) is 5.82 Å². The molecular formula is C5H5N4NaO4. The fraction of sp³-hybridized carbons (Fsp3) is 0.200.